The van der Waals surface area contributed by atoms with Gasteiger partial charge in [-0.3, -0.25) is 19.2 Å². The molecule has 0 radical (unpaired) electrons. The number of hydrogen-bond acceptors (Lipinski definition) is 11. The Labute approximate surface area is 279 Å². The largest absolute Gasteiger partial charge is 0.507 e. The summed E-state index contributed by atoms with van der Waals surface area (Å²) in [5.41, 5.74) is -2.48. The van der Waals surface area contributed by atoms with Gasteiger partial charge in [-0.25, -0.2) is 0 Å². The molecule has 2 heterocycles. The molecule has 48 heavy (non-hydrogen) atoms. The molecule has 4 rings (SSSR count). The Morgan fingerprint density at radius 3 is 1.73 bits per heavy atom. The zero-order chi connectivity index (χ0) is 36.4. The monoisotopic (exact) mass is 669 g/mol. The van der Waals surface area contributed by atoms with Crippen LogP contribution in [-0.4, -0.2) is 90.0 Å². The maximum absolute atomic E-state index is 13.8. The SMILES string of the molecule is CCC1/C=C\C=C(\C)C(=O)NC2=CC(=O)c3c(c(O)c(C)c(O)c3C(=O)/C(C)=C\C(CO)C(O)C(C)C(O)C(C)C(O)C(C)C1O)C2=O. The number of phenolic OH excluding ortho intramolecular Hbond substituents is 2. The Balaban J connectivity index is 2.24. The van der Waals surface area contributed by atoms with Crippen LogP contribution in [0.2, 0.25) is 0 Å². The van der Waals surface area contributed by atoms with Crippen molar-refractivity contribution < 1.29 is 54.9 Å². The number of rotatable bonds is 2. The van der Waals surface area contributed by atoms with Gasteiger partial charge in [0.25, 0.3) is 5.91 Å². The minimum atomic E-state index is -1.44. The zero-order valence-electron chi connectivity index (χ0n) is 28.3. The third kappa shape index (κ3) is 7.37. The molecular formula is C36H47NO11. The summed E-state index contributed by atoms with van der Waals surface area (Å²) in [5, 5.41) is 79.1. The fourth-order valence-corrected chi connectivity index (χ4v) is 6.36. The Bertz CT molecular complexity index is 1590. The molecule has 0 aromatic heterocycles. The molecule has 262 valence electrons. The van der Waals surface area contributed by atoms with Crippen LogP contribution < -0.4 is 5.32 Å². The number of aliphatic hydroxyl groups excluding tert-OH is 5. The molecule has 4 bridgehead atoms. The average Bonchev–Trinajstić information content (AvgIpc) is 3.06. The summed E-state index contributed by atoms with van der Waals surface area (Å²) in [7, 11) is 0. The third-order valence-electron chi connectivity index (χ3n) is 9.83. The first kappa shape index (κ1) is 38.5. The second kappa shape index (κ2) is 15.5. The Morgan fingerprint density at radius 1 is 0.708 bits per heavy atom. The van der Waals surface area contributed by atoms with Crippen LogP contribution in [0.25, 0.3) is 0 Å². The highest BCUT2D eigenvalue weighted by Gasteiger charge is 2.40. The van der Waals surface area contributed by atoms with Crippen LogP contribution in [0.5, 0.6) is 11.5 Å². The number of allylic oxidation sites excluding steroid dienone is 5. The maximum atomic E-state index is 13.8. The van der Waals surface area contributed by atoms with Crippen LogP contribution in [-0.2, 0) is 4.79 Å². The summed E-state index contributed by atoms with van der Waals surface area (Å²) < 4.78 is 0. The number of nitrogens with one attached hydrogen (secondary N) is 1. The molecule has 12 nitrogen and oxygen atoms in total. The number of ketones is 3. The number of carbonyl (C=O) groups excluding carboxylic acids is 4. The quantitative estimate of drug-likeness (QED) is 0.228. The van der Waals surface area contributed by atoms with E-state index in [1.165, 1.54) is 45.9 Å². The van der Waals surface area contributed by atoms with Crippen LogP contribution in [0.4, 0.5) is 0 Å². The molecule has 0 spiro atoms. The number of aromatic hydroxyl groups is 2. The molecule has 2 aliphatic heterocycles. The molecule has 1 aliphatic carbocycles. The summed E-state index contributed by atoms with van der Waals surface area (Å²) in [6.45, 7) is 9.88. The molecule has 1 amide bonds. The molecule has 8 N–H and O–H groups in total. The first-order valence-electron chi connectivity index (χ1n) is 16.0. The first-order chi connectivity index (χ1) is 22.4. The number of phenols is 2. The van der Waals surface area contributed by atoms with E-state index in [0.717, 1.165) is 6.08 Å². The highest BCUT2D eigenvalue weighted by Crippen LogP contribution is 2.41. The molecule has 0 fully saturated rings. The van der Waals surface area contributed by atoms with Crippen molar-refractivity contribution in [3.05, 3.63) is 69.5 Å². The van der Waals surface area contributed by atoms with Gasteiger partial charge in [-0.15, -0.1) is 0 Å². The minimum Gasteiger partial charge on any atom is -0.507 e. The summed E-state index contributed by atoms with van der Waals surface area (Å²) in [4.78, 5) is 53.8. The summed E-state index contributed by atoms with van der Waals surface area (Å²) >= 11 is 0. The van der Waals surface area contributed by atoms with Crippen molar-refractivity contribution in [2.24, 2.45) is 29.6 Å². The lowest BCUT2D eigenvalue weighted by molar-refractivity contribution is -0.116. The van der Waals surface area contributed by atoms with E-state index in [1.807, 2.05) is 6.92 Å². The normalized spacial score (nSPS) is 34.1. The lowest BCUT2D eigenvalue weighted by Gasteiger charge is -2.37. The van der Waals surface area contributed by atoms with Crippen molar-refractivity contribution in [1.29, 1.82) is 0 Å². The zero-order valence-corrected chi connectivity index (χ0v) is 28.3. The number of aliphatic hydroxyl groups is 5. The van der Waals surface area contributed by atoms with Crippen LogP contribution >= 0.6 is 0 Å². The standard InChI is InChI=1S/C36H47NO11/c1-8-21-11-9-10-15(2)36(48)37-23-13-24(39)25-26(33(45)20(7)34(46)27(25)35(23)47)28(40)16(3)12-22(14-38)32(44)19(6)30(42)17(4)29(41)18(5)31(21)43/h9-13,17-19,21-22,29-32,38,41-46H,8,14H2,1-7H3,(H,37,48)/b11-9-,15-10-,16-12-. The van der Waals surface area contributed by atoms with E-state index < -0.39 is 118 Å². The van der Waals surface area contributed by atoms with Gasteiger partial charge in [0, 0.05) is 46.8 Å². The molecule has 3 aliphatic rings. The van der Waals surface area contributed by atoms with Crippen molar-refractivity contribution in [2.75, 3.05) is 6.61 Å². The number of Topliss-reactive ketones (excluding diaryl/α,β-unsaturated/α-hetero) is 2. The first-order valence-corrected chi connectivity index (χ1v) is 16.0. The Kier molecular flexibility index (Phi) is 12.5. The van der Waals surface area contributed by atoms with Crippen LogP contribution in [0.1, 0.15) is 84.6 Å². The molecule has 12 heteroatoms. The smallest absolute Gasteiger partial charge is 0.251 e. The summed E-state index contributed by atoms with van der Waals surface area (Å²) in [6, 6.07) is 0. The van der Waals surface area contributed by atoms with E-state index in [1.54, 1.807) is 19.9 Å². The van der Waals surface area contributed by atoms with E-state index in [0.29, 0.717) is 6.42 Å². The number of benzene rings is 1. The van der Waals surface area contributed by atoms with Crippen LogP contribution in [0.3, 0.4) is 0 Å². The summed E-state index contributed by atoms with van der Waals surface area (Å²) in [6.07, 6.45) is 2.09. The number of fused-ring (bicyclic) bond motifs is 15. The number of hydrogen-bond donors (Lipinski definition) is 8. The highest BCUT2D eigenvalue weighted by molar-refractivity contribution is 6.31. The second-order valence-corrected chi connectivity index (χ2v) is 13.0. The van der Waals surface area contributed by atoms with Crippen molar-refractivity contribution in [3.63, 3.8) is 0 Å². The van der Waals surface area contributed by atoms with Gasteiger partial charge in [0.2, 0.25) is 5.78 Å². The highest BCUT2D eigenvalue weighted by atomic mass is 16.3. The number of amides is 1. The number of carbonyl (C=O) groups is 4. The van der Waals surface area contributed by atoms with E-state index in [4.69, 9.17) is 0 Å². The van der Waals surface area contributed by atoms with Gasteiger partial charge >= 0.3 is 0 Å². The van der Waals surface area contributed by atoms with E-state index in [2.05, 4.69) is 5.32 Å². The van der Waals surface area contributed by atoms with E-state index in [-0.39, 0.29) is 16.7 Å². The van der Waals surface area contributed by atoms with Gasteiger partial charge < -0.3 is 41.1 Å². The molecule has 0 saturated carbocycles. The van der Waals surface area contributed by atoms with Gasteiger partial charge in [-0.2, -0.15) is 0 Å². The van der Waals surface area contributed by atoms with Gasteiger partial charge in [0.1, 0.15) is 11.5 Å². The van der Waals surface area contributed by atoms with E-state index >= 15 is 0 Å². The molecule has 9 atom stereocenters. The Morgan fingerprint density at radius 2 is 1.21 bits per heavy atom. The van der Waals surface area contributed by atoms with Crippen molar-refractivity contribution >= 4 is 23.3 Å². The fourth-order valence-electron chi connectivity index (χ4n) is 6.36. The van der Waals surface area contributed by atoms with Gasteiger partial charge in [0.15, 0.2) is 11.6 Å². The van der Waals surface area contributed by atoms with Gasteiger partial charge in [0.05, 0.1) is 53.4 Å². The minimum absolute atomic E-state index is 0.125. The van der Waals surface area contributed by atoms with Crippen LogP contribution in [0.15, 0.2) is 47.2 Å². The molecule has 9 unspecified atom stereocenters. The fraction of sp³-hybridized carbons (Fsp3) is 0.500. The maximum Gasteiger partial charge on any atom is 0.251 e. The Hall–Kier alpha value is -3.94. The summed E-state index contributed by atoms with van der Waals surface area (Å²) in [5.74, 6) is -9.22. The van der Waals surface area contributed by atoms with Gasteiger partial charge in [-0.05, 0) is 32.8 Å². The van der Waals surface area contributed by atoms with E-state index in [9.17, 15) is 54.9 Å². The predicted molar refractivity (Wildman–Crippen MR) is 176 cm³/mol. The third-order valence-corrected chi connectivity index (χ3v) is 9.83. The van der Waals surface area contributed by atoms with Crippen LogP contribution in [0, 0.1) is 36.5 Å². The van der Waals surface area contributed by atoms with Crippen molar-refractivity contribution in [2.45, 2.75) is 79.3 Å². The van der Waals surface area contributed by atoms with Crippen molar-refractivity contribution in [3.8, 4) is 11.5 Å². The predicted octanol–water partition coefficient (Wildman–Crippen LogP) is 2.42. The molecule has 1 aromatic rings. The van der Waals surface area contributed by atoms with Gasteiger partial charge in [-0.1, -0.05) is 52.0 Å². The second-order valence-electron chi connectivity index (χ2n) is 13.0. The molecular weight excluding hydrogens is 622 g/mol. The molecule has 0 saturated heterocycles. The lowest BCUT2D eigenvalue weighted by Crippen LogP contribution is -2.46. The van der Waals surface area contributed by atoms with Crippen molar-refractivity contribution in [1.82, 2.24) is 5.32 Å². The average molecular weight is 670 g/mol. The lowest BCUT2D eigenvalue weighted by atomic mass is 9.76. The topological polar surface area (TPSA) is 222 Å². The molecule has 1 aromatic carbocycles.